The molecular formula is C39H50N6O6. The van der Waals surface area contributed by atoms with E-state index >= 15 is 0 Å². The number of carbonyl (C=O) groups excluding carboxylic acids is 2. The third-order valence-corrected chi connectivity index (χ3v) is 11.6. The van der Waals surface area contributed by atoms with Crippen molar-refractivity contribution in [1.29, 1.82) is 0 Å². The van der Waals surface area contributed by atoms with Crippen molar-refractivity contribution in [2.24, 2.45) is 28.8 Å². The third kappa shape index (κ3) is 6.40. The minimum absolute atomic E-state index is 0.00717. The predicted octanol–water partition coefficient (Wildman–Crippen LogP) is 6.09. The predicted molar refractivity (Wildman–Crippen MR) is 194 cm³/mol. The van der Waals surface area contributed by atoms with Crippen molar-refractivity contribution >= 4 is 23.8 Å². The van der Waals surface area contributed by atoms with E-state index in [0.717, 1.165) is 57.3 Å². The number of hydrazone groups is 1. The molecule has 3 aromatic rings. The highest BCUT2D eigenvalue weighted by Gasteiger charge is 2.65. The van der Waals surface area contributed by atoms with Gasteiger partial charge in [0.1, 0.15) is 11.5 Å². The van der Waals surface area contributed by atoms with E-state index in [1.54, 1.807) is 37.1 Å². The Labute approximate surface area is 299 Å². The largest absolute Gasteiger partial charge is 0.496 e. The van der Waals surface area contributed by atoms with Gasteiger partial charge >= 0.3 is 5.97 Å². The maximum absolute atomic E-state index is 13.6. The molecule has 0 saturated heterocycles. The number of benzene rings is 2. The number of ether oxygens (including phenoxy) is 2. The molecule has 4 fully saturated rings. The molecule has 2 aromatic carbocycles. The molecule has 4 bridgehead atoms. The van der Waals surface area contributed by atoms with Crippen molar-refractivity contribution in [2.45, 2.75) is 71.3 Å². The Morgan fingerprint density at radius 1 is 1.02 bits per heavy atom. The summed E-state index contributed by atoms with van der Waals surface area (Å²) in [6.45, 7) is 11.4. The standard InChI is InChI=1S/C39H50N6O6/c1-7-43(8-2)15-14-40-37(47)30-13-12-29(21-31(30)24(3)4)44-32(36-33(50-5)10-9-11-34(36)51-6)22-35(42-44)45(41-23-46)39(38(48)49)27-17-25-16-26(19-27)20-28(39)18-25/h9-13,21-22,24-28H,7-8,14-20H2,1-6H3,(H,40,47)(H,48,49). The lowest BCUT2D eigenvalue weighted by molar-refractivity contribution is -0.160. The number of carbonyl (C=O) groups is 2. The summed E-state index contributed by atoms with van der Waals surface area (Å²) in [5.74, 6) is 0.668. The SMILES string of the molecule is CCN(CC)CCNC(=O)c1ccc(-n2nc(N(N=C=O)C3(C(=O)O)C4CC5CC(C4)CC3C5)cc2-c2c(OC)cccc2OC)cc1C(C)C. The van der Waals surface area contributed by atoms with Gasteiger partial charge in [-0.3, -0.25) is 4.79 Å². The first-order valence-electron chi connectivity index (χ1n) is 18.2. The molecule has 4 aliphatic carbocycles. The summed E-state index contributed by atoms with van der Waals surface area (Å²) in [4.78, 5) is 41.5. The Bertz CT molecular complexity index is 1760. The third-order valence-electron chi connectivity index (χ3n) is 11.6. The first-order chi connectivity index (χ1) is 24.6. The number of nitrogens with zero attached hydrogens (tertiary/aromatic N) is 5. The summed E-state index contributed by atoms with van der Waals surface area (Å²) >= 11 is 0. The van der Waals surface area contributed by atoms with E-state index in [-0.39, 0.29) is 29.5 Å². The number of methoxy groups -OCH3 is 2. The highest BCUT2D eigenvalue weighted by Crippen LogP contribution is 2.61. The van der Waals surface area contributed by atoms with Crippen molar-refractivity contribution in [3.8, 4) is 28.4 Å². The van der Waals surface area contributed by atoms with E-state index in [0.29, 0.717) is 52.4 Å². The molecular weight excluding hydrogens is 648 g/mol. The highest BCUT2D eigenvalue weighted by molar-refractivity contribution is 5.96. The molecule has 12 nitrogen and oxygen atoms in total. The zero-order chi connectivity index (χ0) is 36.4. The minimum Gasteiger partial charge on any atom is -0.496 e. The fraction of sp³-hybridized carbons (Fsp3) is 0.538. The number of likely N-dealkylation sites (N-methyl/N-ethyl adjacent to an activating group) is 1. The zero-order valence-corrected chi connectivity index (χ0v) is 30.5. The van der Waals surface area contributed by atoms with Gasteiger partial charge in [-0.1, -0.05) is 38.9 Å². The number of rotatable bonds is 15. The van der Waals surface area contributed by atoms with E-state index in [9.17, 15) is 19.5 Å². The topological polar surface area (TPSA) is 139 Å². The second kappa shape index (κ2) is 14.9. The summed E-state index contributed by atoms with van der Waals surface area (Å²) in [5, 5.41) is 24.7. The summed E-state index contributed by atoms with van der Waals surface area (Å²) in [6.07, 6.45) is 5.90. The van der Waals surface area contributed by atoms with Gasteiger partial charge in [0.25, 0.3) is 12.0 Å². The summed E-state index contributed by atoms with van der Waals surface area (Å²) in [5.41, 5.74) is 1.73. The van der Waals surface area contributed by atoms with E-state index in [1.165, 1.54) is 5.01 Å². The highest BCUT2D eigenvalue weighted by atomic mass is 16.5. The fourth-order valence-corrected chi connectivity index (χ4v) is 9.33. The van der Waals surface area contributed by atoms with Gasteiger partial charge in [-0.25, -0.2) is 19.3 Å². The number of carboxylic acid groups (broad SMARTS) is 1. The van der Waals surface area contributed by atoms with Crippen molar-refractivity contribution in [2.75, 3.05) is 45.4 Å². The molecule has 0 aliphatic heterocycles. The van der Waals surface area contributed by atoms with Gasteiger partial charge in [0.15, 0.2) is 11.4 Å². The number of aliphatic carboxylic acids is 1. The molecule has 0 unspecified atom stereocenters. The van der Waals surface area contributed by atoms with Gasteiger partial charge in [0.2, 0.25) is 0 Å². The number of aromatic nitrogens is 2. The molecule has 51 heavy (non-hydrogen) atoms. The van der Waals surface area contributed by atoms with E-state index < -0.39 is 11.5 Å². The van der Waals surface area contributed by atoms with Crippen LogP contribution in [-0.4, -0.2) is 83.7 Å². The molecule has 1 heterocycles. The number of nitrogens with one attached hydrogen (secondary N) is 1. The van der Waals surface area contributed by atoms with Crippen LogP contribution >= 0.6 is 0 Å². The monoisotopic (exact) mass is 698 g/mol. The van der Waals surface area contributed by atoms with Crippen LogP contribution in [-0.2, 0) is 9.59 Å². The van der Waals surface area contributed by atoms with Gasteiger partial charge < -0.3 is 24.8 Å². The molecule has 2 N–H and O–H groups in total. The minimum atomic E-state index is -1.44. The van der Waals surface area contributed by atoms with Crippen LogP contribution in [0.3, 0.4) is 0 Å². The van der Waals surface area contributed by atoms with Crippen molar-refractivity contribution in [1.82, 2.24) is 20.0 Å². The van der Waals surface area contributed by atoms with Crippen LogP contribution in [0.5, 0.6) is 11.5 Å². The number of anilines is 1. The Morgan fingerprint density at radius 2 is 1.65 bits per heavy atom. The number of carboxylic acids is 1. The number of isocyanates is 1. The Hall–Kier alpha value is -4.67. The molecule has 4 saturated carbocycles. The first-order valence-corrected chi connectivity index (χ1v) is 18.2. The summed E-state index contributed by atoms with van der Waals surface area (Å²) in [7, 11) is 3.14. The normalized spacial score (nSPS) is 23.3. The molecule has 7 rings (SSSR count). The quantitative estimate of drug-likeness (QED) is 0.110. The van der Waals surface area contributed by atoms with E-state index in [4.69, 9.17) is 14.6 Å². The molecule has 0 radical (unpaired) electrons. The van der Waals surface area contributed by atoms with Crippen LogP contribution in [0, 0.1) is 23.7 Å². The van der Waals surface area contributed by atoms with Gasteiger partial charge in [-0.15, -0.1) is 5.10 Å². The lowest BCUT2D eigenvalue weighted by Gasteiger charge is -2.60. The molecule has 12 heteroatoms. The lowest BCUT2D eigenvalue weighted by Crippen LogP contribution is -2.69. The van der Waals surface area contributed by atoms with E-state index in [1.807, 2.05) is 44.2 Å². The van der Waals surface area contributed by atoms with Crippen molar-refractivity contribution in [3.05, 3.63) is 53.6 Å². The molecule has 272 valence electrons. The van der Waals surface area contributed by atoms with Crippen LogP contribution in [0.15, 0.2) is 47.6 Å². The van der Waals surface area contributed by atoms with Crippen LogP contribution < -0.4 is 19.8 Å². The smallest absolute Gasteiger partial charge is 0.332 e. The number of hydrogen-bond acceptors (Lipinski definition) is 9. The molecule has 0 atom stereocenters. The van der Waals surface area contributed by atoms with Gasteiger partial charge in [0.05, 0.1) is 31.2 Å². The van der Waals surface area contributed by atoms with Gasteiger partial charge in [-0.05, 0) is 111 Å². The van der Waals surface area contributed by atoms with Crippen LogP contribution in [0.4, 0.5) is 5.82 Å². The van der Waals surface area contributed by atoms with Gasteiger partial charge in [-0.2, -0.15) is 0 Å². The maximum atomic E-state index is 13.6. The molecule has 4 aliphatic rings. The average molecular weight is 699 g/mol. The number of hydrogen-bond donors (Lipinski definition) is 2. The van der Waals surface area contributed by atoms with Crippen molar-refractivity contribution < 1.29 is 29.0 Å². The summed E-state index contributed by atoms with van der Waals surface area (Å²) < 4.78 is 13.3. The van der Waals surface area contributed by atoms with Crippen LogP contribution in [0.1, 0.15) is 81.6 Å². The molecule has 1 amide bonds. The van der Waals surface area contributed by atoms with E-state index in [2.05, 4.69) is 29.2 Å². The summed E-state index contributed by atoms with van der Waals surface area (Å²) in [6, 6.07) is 12.8. The Kier molecular flexibility index (Phi) is 10.6. The second-order valence-electron chi connectivity index (χ2n) is 14.5. The zero-order valence-electron chi connectivity index (χ0n) is 30.5. The lowest BCUT2D eigenvalue weighted by atomic mass is 9.48. The van der Waals surface area contributed by atoms with Gasteiger partial charge in [0, 0.05) is 24.7 Å². The molecule has 1 aromatic heterocycles. The van der Waals surface area contributed by atoms with Crippen molar-refractivity contribution in [3.63, 3.8) is 0 Å². The van der Waals surface area contributed by atoms with Crippen LogP contribution in [0.2, 0.25) is 0 Å². The number of amides is 1. The Morgan fingerprint density at radius 3 is 2.18 bits per heavy atom. The van der Waals surface area contributed by atoms with Crippen LogP contribution in [0.25, 0.3) is 16.9 Å². The molecule has 0 spiro atoms. The first kappa shape index (κ1) is 36.1. The fourth-order valence-electron chi connectivity index (χ4n) is 9.33. The maximum Gasteiger partial charge on any atom is 0.332 e. The Balaban J connectivity index is 1.50. The average Bonchev–Trinajstić information content (AvgIpc) is 3.56. The second-order valence-corrected chi connectivity index (χ2v) is 14.5.